The summed E-state index contributed by atoms with van der Waals surface area (Å²) in [6.45, 7) is 1.70. The zero-order chi connectivity index (χ0) is 15.5. The van der Waals surface area contributed by atoms with Crippen LogP contribution in [0.3, 0.4) is 0 Å². The molecule has 0 aliphatic heterocycles. The molecule has 0 amide bonds. The fourth-order valence-corrected chi connectivity index (χ4v) is 2.89. The zero-order valence-electron chi connectivity index (χ0n) is 12.8. The number of carboxylic acids is 1. The number of nitrogens with one attached hydrogen (secondary N) is 1. The summed E-state index contributed by atoms with van der Waals surface area (Å²) in [6.07, 6.45) is 4.35. The first-order chi connectivity index (χ1) is 10.0. The lowest BCUT2D eigenvalue weighted by Crippen LogP contribution is -2.50. The molecule has 2 rings (SSSR count). The van der Waals surface area contributed by atoms with Crippen molar-refractivity contribution in [2.75, 3.05) is 14.2 Å². The van der Waals surface area contributed by atoms with Gasteiger partial charge in [-0.2, -0.15) is 0 Å². The van der Waals surface area contributed by atoms with Gasteiger partial charge in [0.2, 0.25) is 0 Å². The van der Waals surface area contributed by atoms with Crippen LogP contribution in [-0.2, 0) is 10.3 Å². The van der Waals surface area contributed by atoms with Crippen LogP contribution in [0.5, 0.6) is 11.5 Å². The summed E-state index contributed by atoms with van der Waals surface area (Å²) < 4.78 is 10.5. The van der Waals surface area contributed by atoms with Crippen LogP contribution < -0.4 is 14.8 Å². The van der Waals surface area contributed by atoms with Gasteiger partial charge in [0, 0.05) is 6.04 Å². The number of rotatable bonds is 6. The maximum atomic E-state index is 11.8. The van der Waals surface area contributed by atoms with Gasteiger partial charge in [-0.05, 0) is 37.5 Å². The monoisotopic (exact) mass is 293 g/mol. The number of methoxy groups -OCH3 is 2. The van der Waals surface area contributed by atoms with Gasteiger partial charge in [0.25, 0.3) is 0 Å². The fourth-order valence-electron chi connectivity index (χ4n) is 2.89. The van der Waals surface area contributed by atoms with E-state index < -0.39 is 11.5 Å². The Labute approximate surface area is 125 Å². The summed E-state index contributed by atoms with van der Waals surface area (Å²) in [5.74, 6) is 0.243. The summed E-state index contributed by atoms with van der Waals surface area (Å²) in [5.41, 5.74) is -0.464. The van der Waals surface area contributed by atoms with E-state index in [0.717, 1.165) is 25.7 Å². The molecule has 0 spiro atoms. The molecule has 1 aromatic carbocycles. The molecule has 0 radical (unpaired) electrons. The van der Waals surface area contributed by atoms with E-state index in [1.165, 1.54) is 0 Å². The zero-order valence-corrected chi connectivity index (χ0v) is 12.8. The lowest BCUT2D eigenvalue weighted by molar-refractivity contribution is -0.145. The van der Waals surface area contributed by atoms with Crippen molar-refractivity contribution in [1.82, 2.24) is 5.32 Å². The van der Waals surface area contributed by atoms with Crippen molar-refractivity contribution in [3.8, 4) is 11.5 Å². The topological polar surface area (TPSA) is 67.8 Å². The van der Waals surface area contributed by atoms with E-state index in [9.17, 15) is 9.90 Å². The highest BCUT2D eigenvalue weighted by atomic mass is 16.5. The number of benzene rings is 1. The highest BCUT2D eigenvalue weighted by molar-refractivity contribution is 5.80. The molecule has 0 saturated heterocycles. The average molecular weight is 293 g/mol. The van der Waals surface area contributed by atoms with Crippen molar-refractivity contribution in [2.24, 2.45) is 0 Å². The van der Waals surface area contributed by atoms with Crippen molar-refractivity contribution in [2.45, 2.75) is 44.2 Å². The van der Waals surface area contributed by atoms with Crippen LogP contribution in [0.1, 0.15) is 38.2 Å². The van der Waals surface area contributed by atoms with Gasteiger partial charge >= 0.3 is 5.97 Å². The van der Waals surface area contributed by atoms with E-state index in [2.05, 4.69) is 5.32 Å². The van der Waals surface area contributed by atoms with Crippen molar-refractivity contribution in [3.05, 3.63) is 23.8 Å². The van der Waals surface area contributed by atoms with Gasteiger partial charge < -0.3 is 14.6 Å². The highest BCUT2D eigenvalue weighted by Crippen LogP contribution is 2.33. The fraction of sp³-hybridized carbons (Fsp3) is 0.562. The molecule has 1 atom stereocenters. The van der Waals surface area contributed by atoms with E-state index in [1.807, 2.05) is 0 Å². The first-order valence-electron chi connectivity index (χ1n) is 7.25. The lowest BCUT2D eigenvalue weighted by Gasteiger charge is -2.31. The maximum absolute atomic E-state index is 11.8. The predicted molar refractivity (Wildman–Crippen MR) is 79.9 cm³/mol. The molecule has 21 heavy (non-hydrogen) atoms. The van der Waals surface area contributed by atoms with E-state index in [4.69, 9.17) is 9.47 Å². The first-order valence-corrected chi connectivity index (χ1v) is 7.25. The second-order valence-electron chi connectivity index (χ2n) is 5.63. The van der Waals surface area contributed by atoms with Gasteiger partial charge in [0.15, 0.2) is 11.5 Å². The van der Waals surface area contributed by atoms with Crippen LogP contribution in [0.2, 0.25) is 0 Å². The summed E-state index contributed by atoms with van der Waals surface area (Å²) in [7, 11) is 3.11. The predicted octanol–water partition coefficient (Wildman–Crippen LogP) is 2.54. The van der Waals surface area contributed by atoms with Crippen LogP contribution in [0, 0.1) is 0 Å². The van der Waals surface area contributed by atoms with Crippen molar-refractivity contribution >= 4 is 5.97 Å². The Morgan fingerprint density at radius 1 is 1.24 bits per heavy atom. The maximum Gasteiger partial charge on any atom is 0.328 e. The Morgan fingerprint density at radius 3 is 2.38 bits per heavy atom. The second kappa shape index (κ2) is 6.35. The molecule has 5 heteroatoms. The molecule has 2 N–H and O–H groups in total. The van der Waals surface area contributed by atoms with Gasteiger partial charge in [-0.15, -0.1) is 0 Å². The number of hydrogen-bond acceptors (Lipinski definition) is 4. The third kappa shape index (κ3) is 3.13. The molecule has 1 aliphatic carbocycles. The van der Waals surface area contributed by atoms with Gasteiger partial charge in [0.1, 0.15) is 5.54 Å². The Morgan fingerprint density at radius 2 is 1.86 bits per heavy atom. The lowest BCUT2D eigenvalue weighted by atomic mass is 9.90. The van der Waals surface area contributed by atoms with Gasteiger partial charge in [0.05, 0.1) is 14.2 Å². The van der Waals surface area contributed by atoms with Gasteiger partial charge in [-0.3, -0.25) is 5.32 Å². The molecule has 116 valence electrons. The molecule has 1 aromatic rings. The summed E-state index contributed by atoms with van der Waals surface area (Å²) >= 11 is 0. The van der Waals surface area contributed by atoms with Crippen LogP contribution in [0.25, 0.3) is 0 Å². The molecule has 5 nitrogen and oxygen atoms in total. The van der Waals surface area contributed by atoms with Crippen molar-refractivity contribution in [3.63, 3.8) is 0 Å². The minimum absolute atomic E-state index is 0.249. The highest BCUT2D eigenvalue weighted by Gasteiger charge is 2.38. The van der Waals surface area contributed by atoms with Crippen LogP contribution in [-0.4, -0.2) is 31.3 Å². The van der Waals surface area contributed by atoms with Crippen LogP contribution >= 0.6 is 0 Å². The Hall–Kier alpha value is -1.75. The Balaban J connectivity index is 2.34. The van der Waals surface area contributed by atoms with Crippen molar-refractivity contribution < 1.29 is 19.4 Å². The molecular formula is C16H23NO4. The average Bonchev–Trinajstić information content (AvgIpc) is 2.98. The Kier molecular flexibility index (Phi) is 4.73. The van der Waals surface area contributed by atoms with Crippen molar-refractivity contribution in [1.29, 1.82) is 0 Å². The standard InChI is InChI=1S/C16H23NO4/c1-16(15(18)19,17-12-6-4-5-7-12)11-8-9-13(20-2)14(10-11)21-3/h8-10,12,17H,4-7H2,1-3H3,(H,18,19). The molecule has 1 aliphatic rings. The third-order valence-electron chi connectivity index (χ3n) is 4.24. The smallest absolute Gasteiger partial charge is 0.328 e. The molecule has 0 aromatic heterocycles. The SMILES string of the molecule is COc1ccc(C(C)(NC2CCCC2)C(=O)O)cc1OC. The van der Waals surface area contributed by atoms with Crippen LogP contribution in [0.4, 0.5) is 0 Å². The molecule has 0 heterocycles. The van der Waals surface area contributed by atoms with E-state index in [-0.39, 0.29) is 6.04 Å². The van der Waals surface area contributed by atoms with E-state index in [0.29, 0.717) is 17.1 Å². The molecular weight excluding hydrogens is 270 g/mol. The minimum atomic E-state index is -1.13. The Bertz CT molecular complexity index is 511. The largest absolute Gasteiger partial charge is 0.493 e. The number of carboxylic acid groups (broad SMARTS) is 1. The van der Waals surface area contributed by atoms with Gasteiger partial charge in [-0.25, -0.2) is 4.79 Å². The molecule has 0 bridgehead atoms. The number of carbonyl (C=O) groups is 1. The van der Waals surface area contributed by atoms with Crippen LogP contribution in [0.15, 0.2) is 18.2 Å². The summed E-state index contributed by atoms with van der Waals surface area (Å²) in [4.78, 5) is 11.8. The number of hydrogen-bond donors (Lipinski definition) is 2. The third-order valence-corrected chi connectivity index (χ3v) is 4.24. The normalized spacial score (nSPS) is 18.2. The number of aliphatic carboxylic acids is 1. The quantitative estimate of drug-likeness (QED) is 0.843. The second-order valence-corrected chi connectivity index (χ2v) is 5.63. The number of ether oxygens (including phenoxy) is 2. The molecule has 1 unspecified atom stereocenters. The first kappa shape index (κ1) is 15.6. The molecule has 1 saturated carbocycles. The van der Waals surface area contributed by atoms with Gasteiger partial charge in [-0.1, -0.05) is 18.9 Å². The minimum Gasteiger partial charge on any atom is -0.493 e. The van der Waals surface area contributed by atoms with E-state index >= 15 is 0 Å². The molecule has 1 fully saturated rings. The summed E-state index contributed by atoms with van der Waals surface area (Å²) in [6, 6.07) is 5.50. The summed E-state index contributed by atoms with van der Waals surface area (Å²) in [5, 5.41) is 13.0. The van der Waals surface area contributed by atoms with E-state index in [1.54, 1.807) is 39.3 Å².